The van der Waals surface area contributed by atoms with Crippen LogP contribution in [0.25, 0.3) is 0 Å². The molecule has 0 aliphatic carbocycles. The molecule has 0 aliphatic rings. The minimum atomic E-state index is -1.11. The summed E-state index contributed by atoms with van der Waals surface area (Å²) in [4.78, 5) is 56.6. The van der Waals surface area contributed by atoms with E-state index in [1.54, 1.807) is 45.3 Å². The normalized spacial score (nSPS) is 13.8. The van der Waals surface area contributed by atoms with Gasteiger partial charge in [-0.05, 0) is 30.7 Å². The predicted molar refractivity (Wildman–Crippen MR) is 146 cm³/mol. The monoisotopic (exact) mass is 531 g/mol. The Morgan fingerprint density at radius 3 is 2.08 bits per heavy atom. The lowest BCUT2D eigenvalue weighted by Gasteiger charge is -2.28. The van der Waals surface area contributed by atoms with Crippen LogP contribution in [-0.2, 0) is 25.6 Å². The van der Waals surface area contributed by atoms with Crippen molar-refractivity contribution in [2.45, 2.75) is 51.6 Å². The van der Waals surface area contributed by atoms with Crippen LogP contribution < -0.4 is 33.6 Å². The van der Waals surface area contributed by atoms with E-state index in [-0.39, 0.29) is 37.1 Å². The molecule has 0 radical (unpaired) electrons. The van der Waals surface area contributed by atoms with Crippen molar-refractivity contribution < 1.29 is 19.2 Å². The Morgan fingerprint density at radius 1 is 1.00 bits per heavy atom. The van der Waals surface area contributed by atoms with Crippen molar-refractivity contribution in [2.24, 2.45) is 39.8 Å². The molecular formula is C25H41N9O4. The standard InChI is InChI=1S/C25H41N9O4/c1-5-14(2)19(23(37)32-18(21(28)35)7-6-12-31-25(29)30)33-22(36)17(24(38)34(3)4)13-15-8-10-16(11-9-15)20(26)27/h8-11,14,17-19H,5-7,12-13H2,1-4H3,(H3,26,27)(H2,28,35)(H,32,37)(H,33,36)(H4,29,30,31)/t14?,17?,18-,19-/m0/s1. The van der Waals surface area contributed by atoms with E-state index < -0.39 is 41.6 Å². The number of hydrogen-bond donors (Lipinski definition) is 7. The largest absolute Gasteiger partial charge is 0.384 e. The van der Waals surface area contributed by atoms with Crippen LogP contribution in [0, 0.1) is 17.2 Å². The molecule has 1 rings (SSSR count). The number of carbonyl (C=O) groups excluding carboxylic acids is 4. The maximum atomic E-state index is 13.4. The number of guanidine groups is 1. The van der Waals surface area contributed by atoms with Gasteiger partial charge in [0.1, 0.15) is 23.8 Å². The maximum absolute atomic E-state index is 13.4. The molecule has 11 N–H and O–H groups in total. The van der Waals surface area contributed by atoms with Crippen molar-refractivity contribution in [1.29, 1.82) is 5.41 Å². The Kier molecular flexibility index (Phi) is 12.7. The zero-order valence-electron chi connectivity index (χ0n) is 22.5. The van der Waals surface area contributed by atoms with Crippen molar-refractivity contribution >= 4 is 35.4 Å². The molecule has 0 saturated heterocycles. The number of primary amides is 1. The summed E-state index contributed by atoms with van der Waals surface area (Å²) in [5.41, 5.74) is 22.8. The fourth-order valence-electron chi connectivity index (χ4n) is 3.67. The molecule has 1 aromatic carbocycles. The molecule has 0 aliphatic heterocycles. The first-order valence-corrected chi connectivity index (χ1v) is 12.4. The molecule has 1 aromatic rings. The Morgan fingerprint density at radius 2 is 1.61 bits per heavy atom. The minimum Gasteiger partial charge on any atom is -0.384 e. The lowest BCUT2D eigenvalue weighted by Crippen LogP contribution is -2.57. The number of nitrogens with zero attached hydrogens (tertiary/aromatic N) is 2. The Balaban J connectivity index is 3.10. The van der Waals surface area contributed by atoms with Gasteiger partial charge in [-0.15, -0.1) is 0 Å². The number of nitrogens with one attached hydrogen (secondary N) is 3. The number of amidine groups is 1. The molecule has 0 aromatic heterocycles. The molecule has 0 saturated carbocycles. The van der Waals surface area contributed by atoms with E-state index >= 15 is 0 Å². The molecular weight excluding hydrogens is 490 g/mol. The molecule has 4 atom stereocenters. The van der Waals surface area contributed by atoms with Gasteiger partial charge < -0.3 is 38.5 Å². The third-order valence-electron chi connectivity index (χ3n) is 6.16. The Labute approximate surface area is 223 Å². The van der Waals surface area contributed by atoms with E-state index in [4.69, 9.17) is 28.3 Å². The van der Waals surface area contributed by atoms with Gasteiger partial charge in [-0.1, -0.05) is 44.5 Å². The summed E-state index contributed by atoms with van der Waals surface area (Å²) in [6.07, 6.45) is 1.22. The van der Waals surface area contributed by atoms with Crippen LogP contribution in [0.3, 0.4) is 0 Å². The third kappa shape index (κ3) is 10.1. The first kappa shape index (κ1) is 31.9. The van der Waals surface area contributed by atoms with Crippen LogP contribution in [0.15, 0.2) is 29.3 Å². The molecule has 210 valence electrons. The number of nitrogen functional groups attached to an aromatic ring is 1. The number of rotatable bonds is 15. The summed E-state index contributed by atoms with van der Waals surface area (Å²) in [5, 5.41) is 12.9. The number of nitrogens with two attached hydrogens (primary N) is 4. The summed E-state index contributed by atoms with van der Waals surface area (Å²) in [6, 6.07) is 4.67. The molecule has 0 heterocycles. The molecule has 13 nitrogen and oxygen atoms in total. The number of benzene rings is 1. The summed E-state index contributed by atoms with van der Waals surface area (Å²) < 4.78 is 0. The van der Waals surface area contributed by atoms with Crippen molar-refractivity contribution in [1.82, 2.24) is 15.5 Å². The van der Waals surface area contributed by atoms with Crippen molar-refractivity contribution in [3.05, 3.63) is 35.4 Å². The van der Waals surface area contributed by atoms with Gasteiger partial charge in [-0.25, -0.2) is 0 Å². The molecule has 0 spiro atoms. The van der Waals surface area contributed by atoms with Crippen LogP contribution >= 0.6 is 0 Å². The number of aliphatic imine (C=N–C) groups is 1. The van der Waals surface area contributed by atoms with Crippen molar-refractivity contribution in [2.75, 3.05) is 20.6 Å². The second-order valence-corrected chi connectivity index (χ2v) is 9.38. The summed E-state index contributed by atoms with van der Waals surface area (Å²) in [7, 11) is 3.08. The zero-order chi connectivity index (χ0) is 29.0. The fraction of sp³-hybridized carbons (Fsp3) is 0.520. The maximum Gasteiger partial charge on any atom is 0.243 e. The number of hydrogen-bond acceptors (Lipinski definition) is 6. The molecule has 38 heavy (non-hydrogen) atoms. The van der Waals surface area contributed by atoms with Gasteiger partial charge in [0.2, 0.25) is 23.6 Å². The molecule has 4 amide bonds. The second-order valence-electron chi connectivity index (χ2n) is 9.38. The molecule has 0 fully saturated rings. The van der Waals surface area contributed by atoms with Gasteiger partial charge in [0.15, 0.2) is 5.96 Å². The van der Waals surface area contributed by atoms with Crippen molar-refractivity contribution in [3.63, 3.8) is 0 Å². The highest BCUT2D eigenvalue weighted by molar-refractivity contribution is 6.02. The SMILES string of the molecule is CCC(C)[C@H](NC(=O)C(Cc1ccc(C(=N)N)cc1)C(=O)N(C)C)C(=O)N[C@@H](CCCN=C(N)N)C(N)=O. The second kappa shape index (κ2) is 15.2. The predicted octanol–water partition coefficient (Wildman–Crippen LogP) is -1.23. The average molecular weight is 532 g/mol. The van der Waals surface area contributed by atoms with Gasteiger partial charge in [-0.3, -0.25) is 29.6 Å². The summed E-state index contributed by atoms with van der Waals surface area (Å²) in [5.74, 6) is -3.96. The minimum absolute atomic E-state index is 0.0740. The van der Waals surface area contributed by atoms with Crippen LogP contribution in [0.4, 0.5) is 0 Å². The Bertz CT molecular complexity index is 1020. The lowest BCUT2D eigenvalue weighted by atomic mass is 9.93. The Hall–Kier alpha value is -4.16. The van der Waals surface area contributed by atoms with Crippen molar-refractivity contribution in [3.8, 4) is 0 Å². The third-order valence-corrected chi connectivity index (χ3v) is 6.16. The van der Waals surface area contributed by atoms with E-state index in [2.05, 4.69) is 15.6 Å². The zero-order valence-corrected chi connectivity index (χ0v) is 22.5. The van der Waals surface area contributed by atoms with Crippen LogP contribution in [0.2, 0.25) is 0 Å². The topological polar surface area (TPSA) is 236 Å². The van der Waals surface area contributed by atoms with Gasteiger partial charge in [0.05, 0.1) is 0 Å². The van der Waals surface area contributed by atoms with Gasteiger partial charge in [0.25, 0.3) is 0 Å². The smallest absolute Gasteiger partial charge is 0.243 e. The van der Waals surface area contributed by atoms with Crippen LogP contribution in [-0.4, -0.2) is 73.0 Å². The molecule has 13 heteroatoms. The highest BCUT2D eigenvalue weighted by atomic mass is 16.2. The summed E-state index contributed by atoms with van der Waals surface area (Å²) >= 11 is 0. The summed E-state index contributed by atoms with van der Waals surface area (Å²) in [6.45, 7) is 3.90. The average Bonchev–Trinajstić information content (AvgIpc) is 2.86. The van der Waals surface area contributed by atoms with E-state index in [9.17, 15) is 19.2 Å². The van der Waals surface area contributed by atoms with E-state index in [0.717, 1.165) is 0 Å². The van der Waals surface area contributed by atoms with E-state index in [1.165, 1.54) is 4.90 Å². The van der Waals surface area contributed by atoms with Gasteiger partial charge in [0, 0.05) is 26.2 Å². The van der Waals surface area contributed by atoms with Gasteiger partial charge >= 0.3 is 0 Å². The van der Waals surface area contributed by atoms with Crippen LogP contribution in [0.1, 0.15) is 44.2 Å². The highest BCUT2D eigenvalue weighted by Crippen LogP contribution is 2.16. The van der Waals surface area contributed by atoms with E-state index in [1.807, 2.05) is 6.92 Å². The molecule has 2 unspecified atom stereocenters. The fourth-order valence-corrected chi connectivity index (χ4v) is 3.67. The number of carbonyl (C=O) groups is 4. The molecule has 0 bridgehead atoms. The quantitative estimate of drug-likeness (QED) is 0.0629. The van der Waals surface area contributed by atoms with Gasteiger partial charge in [-0.2, -0.15) is 0 Å². The van der Waals surface area contributed by atoms with E-state index in [0.29, 0.717) is 24.0 Å². The first-order valence-electron chi connectivity index (χ1n) is 12.4. The highest BCUT2D eigenvalue weighted by Gasteiger charge is 2.34. The first-order chi connectivity index (χ1) is 17.8. The number of amides is 4. The lowest BCUT2D eigenvalue weighted by molar-refractivity contribution is -0.142. The van der Waals surface area contributed by atoms with Crippen LogP contribution in [0.5, 0.6) is 0 Å².